The van der Waals surface area contributed by atoms with E-state index in [2.05, 4.69) is 0 Å². The SMILES string of the molecule is N#Cc1c(F)cc(C=CCCCl)cc1F. The van der Waals surface area contributed by atoms with Crippen molar-refractivity contribution in [1.82, 2.24) is 0 Å². The summed E-state index contributed by atoms with van der Waals surface area (Å²) in [6, 6.07) is 3.70. The zero-order valence-corrected chi connectivity index (χ0v) is 8.56. The largest absolute Gasteiger partial charge is 0.205 e. The minimum atomic E-state index is -0.844. The van der Waals surface area contributed by atoms with Crippen LogP contribution in [0.2, 0.25) is 0 Å². The summed E-state index contributed by atoms with van der Waals surface area (Å²) >= 11 is 5.44. The normalized spacial score (nSPS) is 10.5. The fraction of sp³-hybridized carbons (Fsp3) is 0.182. The fourth-order valence-electron chi connectivity index (χ4n) is 1.08. The Morgan fingerprint density at radius 3 is 2.40 bits per heavy atom. The second-order valence-electron chi connectivity index (χ2n) is 2.85. The molecule has 0 saturated carbocycles. The Balaban J connectivity index is 3.00. The first kappa shape index (κ1) is 11.7. The Kier molecular flexibility index (Phi) is 4.26. The number of hydrogen-bond acceptors (Lipinski definition) is 1. The van der Waals surface area contributed by atoms with Crippen molar-refractivity contribution >= 4 is 17.7 Å². The summed E-state index contributed by atoms with van der Waals surface area (Å²) in [5.41, 5.74) is -0.168. The van der Waals surface area contributed by atoms with Gasteiger partial charge in [0.05, 0.1) is 0 Å². The zero-order chi connectivity index (χ0) is 11.3. The summed E-state index contributed by atoms with van der Waals surface area (Å²) in [7, 11) is 0. The van der Waals surface area contributed by atoms with Crippen LogP contribution in [0.1, 0.15) is 17.5 Å². The molecule has 0 bridgehead atoms. The van der Waals surface area contributed by atoms with Crippen LogP contribution in [0.3, 0.4) is 0 Å². The molecule has 0 spiro atoms. The van der Waals surface area contributed by atoms with Gasteiger partial charge in [0.15, 0.2) is 0 Å². The summed E-state index contributed by atoms with van der Waals surface area (Å²) in [6.45, 7) is 0. The Labute approximate surface area is 91.6 Å². The van der Waals surface area contributed by atoms with Crippen LogP contribution in [0.4, 0.5) is 8.78 Å². The van der Waals surface area contributed by atoms with Gasteiger partial charge < -0.3 is 0 Å². The number of benzene rings is 1. The van der Waals surface area contributed by atoms with Crippen LogP contribution in [0, 0.1) is 23.0 Å². The van der Waals surface area contributed by atoms with E-state index in [-0.39, 0.29) is 0 Å². The van der Waals surface area contributed by atoms with Crippen LogP contribution in [-0.4, -0.2) is 5.88 Å². The molecule has 0 unspecified atom stereocenters. The third-order valence-corrected chi connectivity index (χ3v) is 1.98. The van der Waals surface area contributed by atoms with Gasteiger partial charge in [0, 0.05) is 5.88 Å². The van der Waals surface area contributed by atoms with E-state index in [1.54, 1.807) is 12.2 Å². The number of nitriles is 1. The molecular formula is C11H8ClF2N. The Hall–Kier alpha value is -1.40. The van der Waals surface area contributed by atoms with Gasteiger partial charge in [-0.2, -0.15) is 5.26 Å². The van der Waals surface area contributed by atoms with Crippen LogP contribution in [0.25, 0.3) is 6.08 Å². The number of nitrogens with zero attached hydrogens (tertiary/aromatic N) is 1. The van der Waals surface area contributed by atoms with Crippen molar-refractivity contribution in [3.63, 3.8) is 0 Å². The first-order valence-electron chi connectivity index (χ1n) is 4.30. The van der Waals surface area contributed by atoms with Crippen molar-refractivity contribution in [3.05, 3.63) is 41.0 Å². The summed E-state index contributed by atoms with van der Waals surface area (Å²) in [4.78, 5) is 0. The Morgan fingerprint density at radius 2 is 1.93 bits per heavy atom. The van der Waals surface area contributed by atoms with Gasteiger partial charge in [-0.1, -0.05) is 12.2 Å². The highest BCUT2D eigenvalue weighted by Crippen LogP contribution is 2.15. The molecule has 15 heavy (non-hydrogen) atoms. The molecule has 0 aliphatic heterocycles. The molecule has 0 fully saturated rings. The highest BCUT2D eigenvalue weighted by atomic mass is 35.5. The molecule has 0 aromatic heterocycles. The highest BCUT2D eigenvalue weighted by molar-refractivity contribution is 6.17. The third-order valence-electron chi connectivity index (χ3n) is 1.76. The van der Waals surface area contributed by atoms with Crippen molar-refractivity contribution in [2.75, 3.05) is 5.88 Å². The lowest BCUT2D eigenvalue weighted by Crippen LogP contribution is -1.91. The molecule has 0 aliphatic rings. The number of rotatable bonds is 3. The molecule has 0 radical (unpaired) electrons. The van der Waals surface area contributed by atoms with E-state index < -0.39 is 17.2 Å². The van der Waals surface area contributed by atoms with Crippen molar-refractivity contribution in [3.8, 4) is 6.07 Å². The minimum Gasteiger partial charge on any atom is -0.205 e. The van der Waals surface area contributed by atoms with E-state index in [1.165, 1.54) is 6.07 Å². The lowest BCUT2D eigenvalue weighted by molar-refractivity contribution is 0.576. The number of alkyl halides is 1. The summed E-state index contributed by atoms with van der Waals surface area (Å²) in [6.07, 6.45) is 3.91. The molecule has 0 N–H and O–H groups in total. The maximum Gasteiger partial charge on any atom is 0.144 e. The van der Waals surface area contributed by atoms with Gasteiger partial charge in [-0.25, -0.2) is 8.78 Å². The smallest absolute Gasteiger partial charge is 0.144 e. The molecule has 78 valence electrons. The molecule has 1 aromatic carbocycles. The van der Waals surface area contributed by atoms with Gasteiger partial charge in [0.2, 0.25) is 0 Å². The van der Waals surface area contributed by atoms with E-state index in [0.29, 0.717) is 17.9 Å². The average molecular weight is 228 g/mol. The predicted octanol–water partition coefficient (Wildman–Crippen LogP) is 3.48. The maximum atomic E-state index is 13.1. The first-order valence-corrected chi connectivity index (χ1v) is 4.84. The Morgan fingerprint density at radius 1 is 1.33 bits per heavy atom. The van der Waals surface area contributed by atoms with Gasteiger partial charge in [-0.05, 0) is 24.1 Å². The van der Waals surface area contributed by atoms with E-state index in [4.69, 9.17) is 16.9 Å². The zero-order valence-electron chi connectivity index (χ0n) is 7.80. The standard InChI is InChI=1S/C11H8ClF2N/c12-4-2-1-3-8-5-10(13)9(7-15)11(14)6-8/h1,3,5-6H,2,4H2. The molecule has 0 heterocycles. The van der Waals surface area contributed by atoms with Crippen LogP contribution in [0.15, 0.2) is 18.2 Å². The van der Waals surface area contributed by atoms with Crippen molar-refractivity contribution in [1.29, 1.82) is 5.26 Å². The van der Waals surface area contributed by atoms with Crippen LogP contribution in [0.5, 0.6) is 0 Å². The van der Waals surface area contributed by atoms with Crippen molar-refractivity contribution in [2.45, 2.75) is 6.42 Å². The van der Waals surface area contributed by atoms with Crippen molar-refractivity contribution < 1.29 is 8.78 Å². The molecule has 1 aromatic rings. The van der Waals surface area contributed by atoms with E-state index in [1.807, 2.05) is 0 Å². The fourth-order valence-corrected chi connectivity index (χ4v) is 1.20. The molecular weight excluding hydrogens is 220 g/mol. The van der Waals surface area contributed by atoms with Gasteiger partial charge in [-0.3, -0.25) is 0 Å². The summed E-state index contributed by atoms with van der Waals surface area (Å²) in [5, 5.41) is 8.44. The van der Waals surface area contributed by atoms with E-state index in [0.717, 1.165) is 12.1 Å². The molecule has 1 nitrogen and oxygen atoms in total. The Bertz CT molecular complexity index is 398. The third kappa shape index (κ3) is 3.03. The van der Waals surface area contributed by atoms with Gasteiger partial charge in [-0.15, -0.1) is 11.6 Å². The van der Waals surface area contributed by atoms with E-state index in [9.17, 15) is 8.78 Å². The topological polar surface area (TPSA) is 23.8 Å². The maximum absolute atomic E-state index is 13.1. The second kappa shape index (κ2) is 5.47. The molecule has 0 saturated heterocycles. The number of hydrogen-bond donors (Lipinski definition) is 0. The molecule has 0 amide bonds. The van der Waals surface area contributed by atoms with Crippen LogP contribution >= 0.6 is 11.6 Å². The molecule has 1 rings (SSSR count). The summed E-state index contributed by atoms with van der Waals surface area (Å²) < 4.78 is 26.2. The van der Waals surface area contributed by atoms with Crippen molar-refractivity contribution in [2.24, 2.45) is 0 Å². The molecule has 4 heteroatoms. The van der Waals surface area contributed by atoms with Gasteiger partial charge in [0.25, 0.3) is 0 Å². The number of allylic oxidation sites excluding steroid dienone is 1. The number of halogens is 3. The lowest BCUT2D eigenvalue weighted by atomic mass is 10.1. The summed E-state index contributed by atoms with van der Waals surface area (Å²) in [5.74, 6) is -1.23. The quantitative estimate of drug-likeness (QED) is 0.726. The van der Waals surface area contributed by atoms with Gasteiger partial charge >= 0.3 is 0 Å². The lowest BCUT2D eigenvalue weighted by Gasteiger charge is -1.98. The minimum absolute atomic E-state index is 0.383. The average Bonchev–Trinajstić information content (AvgIpc) is 2.18. The van der Waals surface area contributed by atoms with Crippen LogP contribution < -0.4 is 0 Å². The van der Waals surface area contributed by atoms with Crippen LogP contribution in [-0.2, 0) is 0 Å². The highest BCUT2D eigenvalue weighted by Gasteiger charge is 2.08. The first-order chi connectivity index (χ1) is 7.19. The van der Waals surface area contributed by atoms with E-state index >= 15 is 0 Å². The molecule has 0 aliphatic carbocycles. The second-order valence-corrected chi connectivity index (χ2v) is 3.23. The van der Waals surface area contributed by atoms with Gasteiger partial charge in [0.1, 0.15) is 23.3 Å². The molecule has 0 atom stereocenters. The predicted molar refractivity (Wildman–Crippen MR) is 55.4 cm³/mol. The monoisotopic (exact) mass is 227 g/mol.